The van der Waals surface area contributed by atoms with Gasteiger partial charge in [-0.25, -0.2) is 4.39 Å². The fourth-order valence-electron chi connectivity index (χ4n) is 2.00. The Bertz CT molecular complexity index is 654. The van der Waals surface area contributed by atoms with Gasteiger partial charge in [-0.1, -0.05) is 25.5 Å². The zero-order valence-electron chi connectivity index (χ0n) is 11.7. The molecular formula is C16H17FN2O2. The summed E-state index contributed by atoms with van der Waals surface area (Å²) in [5.74, 6) is -0.971. The molecule has 0 fully saturated rings. The van der Waals surface area contributed by atoms with E-state index in [1.54, 1.807) is 12.1 Å². The largest absolute Gasteiger partial charge is 0.454 e. The van der Waals surface area contributed by atoms with Crippen molar-refractivity contribution in [3.8, 4) is 11.5 Å². The second-order valence-electron chi connectivity index (χ2n) is 4.73. The lowest BCUT2D eigenvalue weighted by molar-refractivity contribution is 0.100. The van der Waals surface area contributed by atoms with Gasteiger partial charge in [0.1, 0.15) is 5.75 Å². The van der Waals surface area contributed by atoms with E-state index >= 15 is 0 Å². The van der Waals surface area contributed by atoms with Gasteiger partial charge in [0.25, 0.3) is 5.91 Å². The zero-order chi connectivity index (χ0) is 15.4. The Labute approximate surface area is 122 Å². The number of carbonyl (C=O) groups excluding carboxylic acids is 1. The second kappa shape index (κ2) is 6.26. The molecule has 4 nitrogen and oxygen atoms in total. The summed E-state index contributed by atoms with van der Waals surface area (Å²) in [6.45, 7) is 2.10. The highest BCUT2D eigenvalue weighted by Gasteiger charge is 2.13. The normalized spacial score (nSPS) is 10.4. The lowest BCUT2D eigenvalue weighted by atomic mass is 10.1. The van der Waals surface area contributed by atoms with Crippen LogP contribution >= 0.6 is 0 Å². The van der Waals surface area contributed by atoms with Gasteiger partial charge in [0.2, 0.25) is 0 Å². The first-order valence-corrected chi connectivity index (χ1v) is 6.67. The first kappa shape index (κ1) is 14.8. The Morgan fingerprint density at radius 3 is 2.48 bits per heavy atom. The van der Waals surface area contributed by atoms with Crippen molar-refractivity contribution < 1.29 is 13.9 Å². The minimum Gasteiger partial charge on any atom is -0.454 e. The molecule has 2 aromatic carbocycles. The van der Waals surface area contributed by atoms with Crippen molar-refractivity contribution >= 4 is 11.6 Å². The number of anilines is 1. The average molecular weight is 288 g/mol. The number of primary amides is 1. The molecule has 0 saturated carbocycles. The van der Waals surface area contributed by atoms with Gasteiger partial charge in [-0.3, -0.25) is 4.79 Å². The number of hydrogen-bond acceptors (Lipinski definition) is 3. The van der Waals surface area contributed by atoms with E-state index in [0.29, 0.717) is 5.75 Å². The summed E-state index contributed by atoms with van der Waals surface area (Å²) in [5.41, 5.74) is 11.9. The van der Waals surface area contributed by atoms with Crippen LogP contribution in [0.4, 0.5) is 10.1 Å². The van der Waals surface area contributed by atoms with E-state index in [1.807, 2.05) is 12.1 Å². The molecular weight excluding hydrogens is 271 g/mol. The van der Waals surface area contributed by atoms with Crippen LogP contribution in [0, 0.1) is 5.82 Å². The summed E-state index contributed by atoms with van der Waals surface area (Å²) in [6.07, 6.45) is 2.02. The van der Waals surface area contributed by atoms with Crippen molar-refractivity contribution in [3.05, 3.63) is 53.3 Å². The molecule has 0 aromatic heterocycles. The molecule has 0 aliphatic carbocycles. The molecule has 5 heteroatoms. The lowest BCUT2D eigenvalue weighted by Crippen LogP contribution is -2.14. The van der Waals surface area contributed by atoms with Crippen LogP contribution in [0.3, 0.4) is 0 Å². The van der Waals surface area contributed by atoms with Crippen LogP contribution < -0.4 is 16.2 Å². The van der Waals surface area contributed by atoms with Gasteiger partial charge in [0, 0.05) is 11.8 Å². The molecule has 21 heavy (non-hydrogen) atoms. The van der Waals surface area contributed by atoms with Crippen molar-refractivity contribution in [1.82, 2.24) is 0 Å². The highest BCUT2D eigenvalue weighted by atomic mass is 19.1. The van der Waals surface area contributed by atoms with Crippen LogP contribution in [0.25, 0.3) is 0 Å². The molecule has 0 bridgehead atoms. The summed E-state index contributed by atoms with van der Waals surface area (Å²) in [5, 5.41) is 0. The fraction of sp³-hybridized carbons (Fsp3) is 0.188. The van der Waals surface area contributed by atoms with Crippen molar-refractivity contribution in [1.29, 1.82) is 0 Å². The second-order valence-corrected chi connectivity index (χ2v) is 4.73. The maximum Gasteiger partial charge on any atom is 0.250 e. The summed E-state index contributed by atoms with van der Waals surface area (Å²) < 4.78 is 19.3. The van der Waals surface area contributed by atoms with Gasteiger partial charge in [0.15, 0.2) is 11.6 Å². The number of nitrogens with two attached hydrogens (primary N) is 2. The Hall–Kier alpha value is -2.56. The van der Waals surface area contributed by atoms with Crippen LogP contribution in [0.2, 0.25) is 0 Å². The van der Waals surface area contributed by atoms with Crippen LogP contribution in [-0.2, 0) is 6.42 Å². The lowest BCUT2D eigenvalue weighted by Gasteiger charge is -2.10. The molecule has 0 atom stereocenters. The van der Waals surface area contributed by atoms with Gasteiger partial charge in [-0.05, 0) is 30.2 Å². The predicted octanol–water partition coefficient (Wildman–Crippen LogP) is 3.25. The predicted molar refractivity (Wildman–Crippen MR) is 79.8 cm³/mol. The van der Waals surface area contributed by atoms with E-state index in [-0.39, 0.29) is 17.0 Å². The van der Waals surface area contributed by atoms with Gasteiger partial charge in [0.05, 0.1) is 5.56 Å². The number of hydrogen-bond donors (Lipinski definition) is 2. The molecule has 110 valence electrons. The third kappa shape index (κ3) is 3.51. The maximum absolute atomic E-state index is 13.8. The number of carbonyl (C=O) groups is 1. The van der Waals surface area contributed by atoms with E-state index < -0.39 is 11.7 Å². The van der Waals surface area contributed by atoms with Gasteiger partial charge >= 0.3 is 0 Å². The molecule has 2 aromatic rings. The quantitative estimate of drug-likeness (QED) is 0.829. The van der Waals surface area contributed by atoms with E-state index in [9.17, 15) is 9.18 Å². The molecule has 0 aliphatic heterocycles. The topological polar surface area (TPSA) is 78.3 Å². The smallest absolute Gasteiger partial charge is 0.250 e. The maximum atomic E-state index is 13.8. The highest BCUT2D eigenvalue weighted by Crippen LogP contribution is 2.28. The van der Waals surface area contributed by atoms with E-state index in [0.717, 1.165) is 18.9 Å². The van der Waals surface area contributed by atoms with Crippen molar-refractivity contribution in [3.63, 3.8) is 0 Å². The number of halogens is 1. The standard InChI is InChI=1S/C16H17FN2O2/c1-2-3-10-4-6-11(7-5-10)21-15-8-12(16(19)20)14(18)9-13(15)17/h4-9H,2-3,18H2,1H3,(H2,19,20). The Balaban J connectivity index is 2.26. The summed E-state index contributed by atoms with van der Waals surface area (Å²) in [6, 6.07) is 9.59. The molecule has 0 aliphatic rings. The van der Waals surface area contributed by atoms with Crippen LogP contribution in [0.1, 0.15) is 29.3 Å². The van der Waals surface area contributed by atoms with Gasteiger partial charge < -0.3 is 16.2 Å². The molecule has 0 spiro atoms. The molecule has 2 rings (SSSR count). The Morgan fingerprint density at radius 1 is 1.24 bits per heavy atom. The first-order valence-electron chi connectivity index (χ1n) is 6.67. The monoisotopic (exact) mass is 288 g/mol. The minimum absolute atomic E-state index is 0.00866. The third-order valence-electron chi connectivity index (χ3n) is 3.06. The number of amides is 1. The Kier molecular flexibility index (Phi) is 4.42. The van der Waals surface area contributed by atoms with Crippen molar-refractivity contribution in [2.24, 2.45) is 5.73 Å². The minimum atomic E-state index is -0.726. The first-order chi connectivity index (χ1) is 10.0. The molecule has 4 N–H and O–H groups in total. The van der Waals surface area contributed by atoms with E-state index in [2.05, 4.69) is 6.92 Å². The van der Waals surface area contributed by atoms with Gasteiger partial charge in [-0.15, -0.1) is 0 Å². The molecule has 0 radical (unpaired) electrons. The molecule has 0 saturated heterocycles. The van der Waals surface area contributed by atoms with Gasteiger partial charge in [-0.2, -0.15) is 0 Å². The van der Waals surface area contributed by atoms with E-state index in [1.165, 1.54) is 11.6 Å². The molecule has 1 amide bonds. The average Bonchev–Trinajstić information content (AvgIpc) is 2.43. The number of ether oxygens (including phenoxy) is 1. The van der Waals surface area contributed by atoms with Crippen LogP contribution in [0.15, 0.2) is 36.4 Å². The number of benzene rings is 2. The molecule has 0 unspecified atom stereocenters. The summed E-state index contributed by atoms with van der Waals surface area (Å²) >= 11 is 0. The fourth-order valence-corrected chi connectivity index (χ4v) is 2.00. The van der Waals surface area contributed by atoms with Crippen LogP contribution in [-0.4, -0.2) is 5.91 Å². The molecule has 0 heterocycles. The SMILES string of the molecule is CCCc1ccc(Oc2cc(C(N)=O)c(N)cc2F)cc1. The Morgan fingerprint density at radius 2 is 1.90 bits per heavy atom. The van der Waals surface area contributed by atoms with Crippen molar-refractivity contribution in [2.75, 3.05) is 5.73 Å². The van der Waals surface area contributed by atoms with Crippen molar-refractivity contribution in [2.45, 2.75) is 19.8 Å². The van der Waals surface area contributed by atoms with Crippen LogP contribution in [0.5, 0.6) is 11.5 Å². The number of aryl methyl sites for hydroxylation is 1. The van der Waals surface area contributed by atoms with E-state index in [4.69, 9.17) is 16.2 Å². The summed E-state index contributed by atoms with van der Waals surface area (Å²) in [4.78, 5) is 11.2. The summed E-state index contributed by atoms with van der Waals surface area (Å²) in [7, 11) is 0. The zero-order valence-corrected chi connectivity index (χ0v) is 11.7. The highest BCUT2D eigenvalue weighted by molar-refractivity contribution is 5.98. The number of nitrogen functional groups attached to an aromatic ring is 1. The number of rotatable bonds is 5. The third-order valence-corrected chi connectivity index (χ3v) is 3.06.